The van der Waals surface area contributed by atoms with Crippen LogP contribution >= 0.6 is 22.7 Å². The number of benzene rings is 1. The Labute approximate surface area is 183 Å². The smallest absolute Gasteiger partial charge is 0.219 e. The first kappa shape index (κ1) is 19.2. The molecule has 1 aliphatic heterocycles. The number of carbonyl (C=O) groups is 1. The number of hydrogen-bond acceptors (Lipinski definition) is 6. The summed E-state index contributed by atoms with van der Waals surface area (Å²) in [5.74, 6) is 1.89. The molecule has 4 aromatic rings. The average Bonchev–Trinajstić information content (AvgIpc) is 3.38. The van der Waals surface area contributed by atoms with Crippen LogP contribution in [0.3, 0.4) is 0 Å². The Morgan fingerprint density at radius 1 is 0.967 bits per heavy atom. The van der Waals surface area contributed by atoms with Gasteiger partial charge in [0.15, 0.2) is 5.82 Å². The average molecular weight is 435 g/mol. The van der Waals surface area contributed by atoms with Crippen molar-refractivity contribution in [3.05, 3.63) is 52.5 Å². The highest BCUT2D eigenvalue weighted by atomic mass is 32.1. The van der Waals surface area contributed by atoms with Crippen molar-refractivity contribution in [1.29, 1.82) is 0 Å². The molecule has 0 spiro atoms. The molecule has 7 heteroatoms. The maximum absolute atomic E-state index is 11.9. The summed E-state index contributed by atoms with van der Waals surface area (Å²) >= 11 is 3.33. The summed E-state index contributed by atoms with van der Waals surface area (Å²) in [7, 11) is 0. The molecule has 5 rings (SSSR count). The molecule has 0 saturated carbocycles. The predicted octanol–water partition coefficient (Wildman–Crippen LogP) is 5.15. The number of fused-ring (bicyclic) bond motifs is 1. The Bertz CT molecular complexity index is 1170. The van der Waals surface area contributed by atoms with Crippen LogP contribution in [-0.4, -0.2) is 47.0 Å². The third-order valence-electron chi connectivity index (χ3n) is 5.52. The summed E-state index contributed by atoms with van der Waals surface area (Å²) in [6.45, 7) is 4.83. The fourth-order valence-corrected chi connectivity index (χ4v) is 5.52. The largest absolute Gasteiger partial charge is 0.354 e. The zero-order valence-electron chi connectivity index (χ0n) is 16.7. The molecule has 5 nitrogen and oxygen atoms in total. The fraction of sp³-hybridized carbons (Fsp3) is 0.261. The number of carbonyl (C=O) groups excluding carboxylic acids is 1. The molecule has 0 N–H and O–H groups in total. The first-order valence-corrected chi connectivity index (χ1v) is 11.9. The van der Waals surface area contributed by atoms with Crippen molar-refractivity contribution in [2.24, 2.45) is 0 Å². The number of anilines is 1. The lowest BCUT2D eigenvalue weighted by molar-refractivity contribution is -0.128. The van der Waals surface area contributed by atoms with Gasteiger partial charge >= 0.3 is 0 Å². The quantitative estimate of drug-likeness (QED) is 0.448. The van der Waals surface area contributed by atoms with Crippen molar-refractivity contribution < 1.29 is 4.79 Å². The molecule has 0 bridgehead atoms. The van der Waals surface area contributed by atoms with Gasteiger partial charge in [0, 0.05) is 55.0 Å². The van der Waals surface area contributed by atoms with Crippen molar-refractivity contribution in [1.82, 2.24) is 14.9 Å². The van der Waals surface area contributed by atoms with E-state index < -0.39 is 0 Å². The fourth-order valence-electron chi connectivity index (χ4n) is 3.95. The van der Waals surface area contributed by atoms with Crippen LogP contribution in [0.1, 0.15) is 13.3 Å². The molecule has 0 aliphatic carbocycles. The maximum Gasteiger partial charge on any atom is 0.219 e. The Hall–Kier alpha value is -2.77. The second-order valence-electron chi connectivity index (χ2n) is 7.43. The lowest BCUT2D eigenvalue weighted by atomic mass is 10.1. The van der Waals surface area contributed by atoms with E-state index in [1.54, 1.807) is 29.6 Å². The van der Waals surface area contributed by atoms with E-state index >= 15 is 0 Å². The predicted molar refractivity (Wildman–Crippen MR) is 125 cm³/mol. The van der Waals surface area contributed by atoms with Gasteiger partial charge in [-0.25, -0.2) is 9.97 Å². The number of hydrogen-bond donors (Lipinski definition) is 0. The topological polar surface area (TPSA) is 49.3 Å². The van der Waals surface area contributed by atoms with Gasteiger partial charge in [-0.3, -0.25) is 4.79 Å². The van der Waals surface area contributed by atoms with Gasteiger partial charge in [-0.15, -0.1) is 11.3 Å². The van der Waals surface area contributed by atoms with E-state index in [1.807, 2.05) is 11.0 Å². The molecular formula is C23H22N4OS2. The van der Waals surface area contributed by atoms with Crippen LogP contribution in [0.4, 0.5) is 5.82 Å². The number of amides is 1. The number of nitrogens with zero attached hydrogens (tertiary/aromatic N) is 4. The van der Waals surface area contributed by atoms with E-state index in [1.165, 1.54) is 11.1 Å². The van der Waals surface area contributed by atoms with Crippen molar-refractivity contribution in [2.45, 2.75) is 13.3 Å². The lowest BCUT2D eigenvalue weighted by Crippen LogP contribution is -2.34. The molecule has 0 atom stereocenters. The third kappa shape index (κ3) is 3.59. The molecule has 152 valence electrons. The molecular weight excluding hydrogens is 412 g/mol. The Balaban J connectivity index is 1.65. The van der Waals surface area contributed by atoms with Crippen LogP contribution in [0, 0.1) is 0 Å². The van der Waals surface area contributed by atoms with E-state index in [4.69, 9.17) is 9.97 Å². The summed E-state index contributed by atoms with van der Waals surface area (Å²) in [4.78, 5) is 27.1. The van der Waals surface area contributed by atoms with Gasteiger partial charge < -0.3 is 9.80 Å². The first-order valence-electron chi connectivity index (χ1n) is 10.1. The number of aromatic nitrogens is 2. The molecule has 0 radical (unpaired) electrons. The van der Waals surface area contributed by atoms with Crippen LogP contribution in [-0.2, 0) is 4.79 Å². The van der Waals surface area contributed by atoms with Crippen LogP contribution in [0.2, 0.25) is 0 Å². The first-order chi connectivity index (χ1) is 14.7. The van der Waals surface area contributed by atoms with Gasteiger partial charge in [0.05, 0.1) is 5.39 Å². The Morgan fingerprint density at radius 3 is 2.60 bits per heavy atom. The van der Waals surface area contributed by atoms with Crippen LogP contribution in [0.15, 0.2) is 52.5 Å². The third-order valence-corrected chi connectivity index (χ3v) is 7.07. The summed E-state index contributed by atoms with van der Waals surface area (Å²) in [6.07, 6.45) is 0.934. The van der Waals surface area contributed by atoms with Crippen LogP contribution < -0.4 is 4.90 Å². The monoisotopic (exact) mass is 434 g/mol. The molecule has 30 heavy (non-hydrogen) atoms. The van der Waals surface area contributed by atoms with Gasteiger partial charge in [-0.05, 0) is 23.4 Å². The van der Waals surface area contributed by atoms with E-state index in [2.05, 4.69) is 51.4 Å². The van der Waals surface area contributed by atoms with Crippen molar-refractivity contribution in [3.8, 4) is 22.5 Å². The minimum Gasteiger partial charge on any atom is -0.354 e. The molecule has 3 aromatic heterocycles. The lowest BCUT2D eigenvalue weighted by Gasteiger charge is -2.24. The molecule has 1 amide bonds. The minimum absolute atomic E-state index is 0.143. The van der Waals surface area contributed by atoms with Gasteiger partial charge in [0.2, 0.25) is 5.91 Å². The van der Waals surface area contributed by atoms with Crippen LogP contribution in [0.5, 0.6) is 0 Å². The highest BCUT2D eigenvalue weighted by Crippen LogP contribution is 2.40. The second-order valence-corrected chi connectivity index (χ2v) is 9.06. The highest BCUT2D eigenvalue weighted by molar-refractivity contribution is 7.17. The van der Waals surface area contributed by atoms with Crippen molar-refractivity contribution >= 4 is 44.6 Å². The highest BCUT2D eigenvalue weighted by Gasteiger charge is 2.23. The Kier molecular flexibility index (Phi) is 5.23. The van der Waals surface area contributed by atoms with Gasteiger partial charge in [-0.1, -0.05) is 30.3 Å². The Morgan fingerprint density at radius 2 is 1.83 bits per heavy atom. The summed E-state index contributed by atoms with van der Waals surface area (Å²) < 4.78 is 0. The standard InChI is InChI=1S/C23H22N4OS2/c1-16(28)26-9-5-10-27(12-11-26)22-20-19(17-6-3-2-4-7-17)15-30-23(20)25-21(24-22)18-8-13-29-14-18/h2-4,6-8,13-15H,5,9-12H2,1H3. The van der Waals surface area contributed by atoms with Crippen molar-refractivity contribution in [3.63, 3.8) is 0 Å². The SMILES string of the molecule is CC(=O)N1CCCN(c2nc(-c3ccsc3)nc3scc(-c4ccccc4)c23)CC1. The zero-order valence-corrected chi connectivity index (χ0v) is 18.4. The molecule has 1 fully saturated rings. The zero-order chi connectivity index (χ0) is 20.5. The number of rotatable bonds is 3. The van der Waals surface area contributed by atoms with Crippen LogP contribution in [0.25, 0.3) is 32.7 Å². The van der Waals surface area contributed by atoms with Gasteiger partial charge in [-0.2, -0.15) is 11.3 Å². The van der Waals surface area contributed by atoms with Gasteiger partial charge in [0.25, 0.3) is 0 Å². The summed E-state index contributed by atoms with van der Waals surface area (Å²) in [6, 6.07) is 12.5. The maximum atomic E-state index is 11.9. The van der Waals surface area contributed by atoms with E-state index in [0.717, 1.165) is 60.0 Å². The second kappa shape index (κ2) is 8.16. The van der Waals surface area contributed by atoms with E-state index in [-0.39, 0.29) is 5.91 Å². The van der Waals surface area contributed by atoms with Crippen molar-refractivity contribution in [2.75, 3.05) is 31.1 Å². The van der Waals surface area contributed by atoms with E-state index in [0.29, 0.717) is 0 Å². The summed E-state index contributed by atoms with van der Waals surface area (Å²) in [5.41, 5.74) is 3.41. The molecule has 1 aliphatic rings. The summed E-state index contributed by atoms with van der Waals surface area (Å²) in [5, 5.41) is 7.45. The molecule has 1 saturated heterocycles. The number of thiophene rings is 2. The normalized spacial score (nSPS) is 14.8. The molecule has 4 heterocycles. The molecule has 1 aromatic carbocycles. The van der Waals surface area contributed by atoms with Gasteiger partial charge in [0.1, 0.15) is 10.6 Å². The molecule has 0 unspecified atom stereocenters. The minimum atomic E-state index is 0.143. The van der Waals surface area contributed by atoms with E-state index in [9.17, 15) is 4.79 Å².